The van der Waals surface area contributed by atoms with Gasteiger partial charge in [0.25, 0.3) is 0 Å². The number of nitrogens with one attached hydrogen (secondary N) is 1. The third-order valence-corrected chi connectivity index (χ3v) is 8.64. The smallest absolute Gasteiger partial charge is 0.321 e. The van der Waals surface area contributed by atoms with Crippen LogP contribution in [0.4, 0.5) is 10.5 Å². The Morgan fingerprint density at radius 3 is 2.38 bits per heavy atom. The number of hydrogen-bond acceptors (Lipinski definition) is 5. The van der Waals surface area contributed by atoms with E-state index in [-0.39, 0.29) is 42.3 Å². The highest BCUT2D eigenvalue weighted by atomic mass is 32.2. The molecule has 8 nitrogen and oxygen atoms in total. The van der Waals surface area contributed by atoms with Crippen molar-refractivity contribution in [2.24, 2.45) is 5.92 Å². The molecule has 3 aromatic carbocycles. The number of carbonyl (C=O) groups excluding carboxylic acids is 1. The first-order chi connectivity index (χ1) is 18.7. The number of likely N-dealkylation sites (N-methyl/N-ethyl adjacent to an activating group) is 1. The highest BCUT2D eigenvalue weighted by Crippen LogP contribution is 2.34. The molecule has 39 heavy (non-hydrogen) atoms. The van der Waals surface area contributed by atoms with Crippen molar-refractivity contribution in [1.29, 1.82) is 0 Å². The van der Waals surface area contributed by atoms with E-state index < -0.39 is 22.2 Å². The predicted molar refractivity (Wildman–Crippen MR) is 151 cm³/mol. The Bertz CT molecular complexity index is 1450. The zero-order chi connectivity index (χ0) is 28.0. The third kappa shape index (κ3) is 6.79. The van der Waals surface area contributed by atoms with E-state index in [0.29, 0.717) is 11.3 Å². The Kier molecular flexibility index (Phi) is 8.92. The lowest BCUT2D eigenvalue weighted by Gasteiger charge is -2.37. The van der Waals surface area contributed by atoms with Crippen molar-refractivity contribution in [2.45, 2.75) is 30.9 Å². The molecule has 0 saturated carbocycles. The molecular formula is C30H33N3O5S. The average Bonchev–Trinajstić information content (AvgIpc) is 2.94. The van der Waals surface area contributed by atoms with Crippen LogP contribution in [0.25, 0.3) is 0 Å². The van der Waals surface area contributed by atoms with Gasteiger partial charge in [0.15, 0.2) is 0 Å². The van der Waals surface area contributed by atoms with Gasteiger partial charge >= 0.3 is 6.03 Å². The topological polar surface area (TPSA) is 99.2 Å². The van der Waals surface area contributed by atoms with Gasteiger partial charge in [-0.25, -0.2) is 13.2 Å². The van der Waals surface area contributed by atoms with Crippen LogP contribution in [0.3, 0.4) is 0 Å². The number of urea groups is 1. The van der Waals surface area contributed by atoms with E-state index in [1.165, 1.54) is 15.3 Å². The maximum Gasteiger partial charge on any atom is 0.321 e. The molecule has 0 fully saturated rings. The summed E-state index contributed by atoms with van der Waals surface area (Å²) >= 11 is 0. The average molecular weight is 548 g/mol. The number of aliphatic hydroxyl groups is 1. The molecule has 3 aromatic rings. The number of anilines is 1. The van der Waals surface area contributed by atoms with Gasteiger partial charge in [0.1, 0.15) is 16.7 Å². The summed E-state index contributed by atoms with van der Waals surface area (Å²) in [5, 5.41) is 12.7. The van der Waals surface area contributed by atoms with E-state index in [0.717, 1.165) is 5.56 Å². The largest absolute Gasteiger partial charge is 0.487 e. The summed E-state index contributed by atoms with van der Waals surface area (Å²) in [6.07, 6.45) is -0.531. The van der Waals surface area contributed by atoms with Crippen LogP contribution in [0.2, 0.25) is 0 Å². The number of benzene rings is 3. The highest BCUT2D eigenvalue weighted by Gasteiger charge is 2.38. The Morgan fingerprint density at radius 1 is 1.08 bits per heavy atom. The van der Waals surface area contributed by atoms with E-state index in [2.05, 4.69) is 17.2 Å². The van der Waals surface area contributed by atoms with Gasteiger partial charge in [-0.05, 0) is 49.4 Å². The van der Waals surface area contributed by atoms with Gasteiger partial charge in [0.2, 0.25) is 10.0 Å². The summed E-state index contributed by atoms with van der Waals surface area (Å²) in [6, 6.07) is 22.4. The molecule has 0 aliphatic carbocycles. The summed E-state index contributed by atoms with van der Waals surface area (Å²) in [5.41, 5.74) is 2.09. The van der Waals surface area contributed by atoms with E-state index in [1.54, 1.807) is 38.2 Å². The molecule has 0 spiro atoms. The molecule has 2 amide bonds. The number of ether oxygens (including phenoxy) is 1. The molecule has 2 N–H and O–H groups in total. The van der Waals surface area contributed by atoms with Crippen molar-refractivity contribution >= 4 is 21.7 Å². The molecule has 4 rings (SSSR count). The molecule has 0 unspecified atom stereocenters. The van der Waals surface area contributed by atoms with Gasteiger partial charge in [-0.2, -0.15) is 4.31 Å². The number of amides is 2. The van der Waals surface area contributed by atoms with Crippen molar-refractivity contribution in [3.8, 4) is 17.6 Å². The second kappa shape index (κ2) is 12.3. The Morgan fingerprint density at radius 2 is 1.72 bits per heavy atom. The van der Waals surface area contributed by atoms with Crippen molar-refractivity contribution in [3.63, 3.8) is 0 Å². The molecule has 1 heterocycles. The molecule has 0 saturated heterocycles. The zero-order valence-electron chi connectivity index (χ0n) is 22.2. The number of carbonyl (C=O) groups is 1. The fraction of sp³-hybridized carbons (Fsp3) is 0.300. The molecule has 0 aromatic heterocycles. The zero-order valence-corrected chi connectivity index (χ0v) is 23.1. The van der Waals surface area contributed by atoms with E-state index in [4.69, 9.17) is 4.74 Å². The van der Waals surface area contributed by atoms with Crippen molar-refractivity contribution in [2.75, 3.05) is 32.1 Å². The second-order valence-corrected chi connectivity index (χ2v) is 11.6. The summed E-state index contributed by atoms with van der Waals surface area (Å²) < 4.78 is 35.0. The standard InChI is InChI=1S/C30H33N3O5S/c1-22-19-33(23(2)21-34)39(36,37)29-17-16-25(15-14-24-10-6-4-7-11-24)18-27(29)38-28(22)20-32(3)30(35)31-26-12-8-5-9-13-26/h4-13,16-18,22-23,28,34H,19-21H2,1-3H3,(H,31,35)/t22-,23+,28+/m1/s1. The van der Waals surface area contributed by atoms with E-state index >= 15 is 0 Å². The van der Waals surface area contributed by atoms with Gasteiger partial charge in [-0.3, -0.25) is 0 Å². The molecule has 204 valence electrons. The van der Waals surface area contributed by atoms with Crippen LogP contribution in [0.15, 0.2) is 83.8 Å². The summed E-state index contributed by atoms with van der Waals surface area (Å²) in [6.45, 7) is 3.55. The van der Waals surface area contributed by atoms with Crippen LogP contribution in [0.5, 0.6) is 5.75 Å². The Hall–Kier alpha value is -3.84. The number of rotatable bonds is 5. The molecule has 3 atom stereocenters. The van der Waals surface area contributed by atoms with Crippen LogP contribution in [0.1, 0.15) is 25.0 Å². The third-order valence-electron chi connectivity index (χ3n) is 6.62. The lowest BCUT2D eigenvalue weighted by Crippen LogP contribution is -2.50. The minimum absolute atomic E-state index is 0.00125. The Balaban J connectivity index is 1.67. The maximum atomic E-state index is 13.7. The predicted octanol–water partition coefficient (Wildman–Crippen LogP) is 4.02. The van der Waals surface area contributed by atoms with E-state index in [9.17, 15) is 18.3 Å². The molecule has 1 aliphatic heterocycles. The normalized spacial score (nSPS) is 19.2. The van der Waals surface area contributed by atoms with Crippen molar-refractivity contribution in [3.05, 3.63) is 90.0 Å². The molecule has 1 aliphatic rings. The van der Waals surface area contributed by atoms with Crippen LogP contribution < -0.4 is 10.1 Å². The van der Waals surface area contributed by atoms with Crippen LogP contribution >= 0.6 is 0 Å². The molecular weight excluding hydrogens is 514 g/mol. The minimum Gasteiger partial charge on any atom is -0.487 e. The van der Waals surface area contributed by atoms with Gasteiger partial charge in [0, 0.05) is 42.4 Å². The van der Waals surface area contributed by atoms with Gasteiger partial charge in [0.05, 0.1) is 13.2 Å². The molecule has 9 heteroatoms. The number of para-hydroxylation sites is 1. The quantitative estimate of drug-likeness (QED) is 0.470. The van der Waals surface area contributed by atoms with Gasteiger partial charge < -0.3 is 20.1 Å². The maximum absolute atomic E-state index is 13.7. The van der Waals surface area contributed by atoms with E-state index in [1.807, 2.05) is 55.5 Å². The molecule has 0 bridgehead atoms. The lowest BCUT2D eigenvalue weighted by molar-refractivity contribution is 0.0830. The SMILES string of the molecule is C[C@@H]1CN([C@@H](C)CO)S(=O)(=O)c2ccc(C#Cc3ccccc3)cc2O[C@H]1CN(C)C(=O)Nc1ccccc1. The second-order valence-electron chi connectivity index (χ2n) is 9.69. The number of sulfonamides is 1. The summed E-state index contributed by atoms with van der Waals surface area (Å²) in [7, 11) is -2.31. The summed E-state index contributed by atoms with van der Waals surface area (Å²) in [4.78, 5) is 14.4. The van der Waals surface area contributed by atoms with Crippen molar-refractivity contribution in [1.82, 2.24) is 9.21 Å². The lowest BCUT2D eigenvalue weighted by atomic mass is 10.0. The van der Waals surface area contributed by atoms with Gasteiger partial charge in [-0.15, -0.1) is 0 Å². The van der Waals surface area contributed by atoms with Gasteiger partial charge in [-0.1, -0.05) is 55.2 Å². The molecule has 0 radical (unpaired) electrons. The first kappa shape index (κ1) is 28.2. The number of fused-ring (bicyclic) bond motifs is 1. The minimum atomic E-state index is -3.97. The number of aliphatic hydroxyl groups excluding tert-OH is 1. The first-order valence-corrected chi connectivity index (χ1v) is 14.2. The first-order valence-electron chi connectivity index (χ1n) is 12.8. The van der Waals surface area contributed by atoms with Crippen LogP contribution in [-0.4, -0.2) is 67.7 Å². The highest BCUT2D eigenvalue weighted by molar-refractivity contribution is 7.89. The summed E-state index contributed by atoms with van der Waals surface area (Å²) in [5.74, 6) is 6.03. The van der Waals surface area contributed by atoms with Crippen molar-refractivity contribution < 1.29 is 23.1 Å². The fourth-order valence-electron chi connectivity index (χ4n) is 4.28. The number of nitrogens with zero attached hydrogens (tertiary/aromatic N) is 2. The Labute approximate surface area is 230 Å². The van der Waals surface area contributed by atoms with Crippen LogP contribution in [-0.2, 0) is 10.0 Å². The number of hydrogen-bond donors (Lipinski definition) is 2. The monoisotopic (exact) mass is 547 g/mol. The fourth-order valence-corrected chi connectivity index (χ4v) is 6.11. The van der Waals surface area contributed by atoms with Crippen LogP contribution in [0, 0.1) is 17.8 Å².